The van der Waals surface area contributed by atoms with Crippen LogP contribution in [0, 0.1) is 12.3 Å². The molecule has 1 spiro atoms. The Kier molecular flexibility index (Phi) is 4.23. The van der Waals surface area contributed by atoms with Crippen molar-refractivity contribution in [3.8, 4) is 0 Å². The van der Waals surface area contributed by atoms with Crippen LogP contribution in [0.1, 0.15) is 56.9 Å². The van der Waals surface area contributed by atoms with Gasteiger partial charge in [-0.05, 0) is 50.7 Å². The molecule has 2 saturated heterocycles. The first kappa shape index (κ1) is 15.9. The summed E-state index contributed by atoms with van der Waals surface area (Å²) in [7, 11) is 0. The number of carbonyl (C=O) groups excluding carboxylic acids is 1. The van der Waals surface area contributed by atoms with E-state index in [2.05, 4.69) is 27.8 Å². The summed E-state index contributed by atoms with van der Waals surface area (Å²) >= 11 is 0. The van der Waals surface area contributed by atoms with E-state index in [1.807, 2.05) is 12.3 Å². The highest BCUT2D eigenvalue weighted by Gasteiger charge is 2.50. The molecule has 0 bridgehead atoms. The van der Waals surface area contributed by atoms with Crippen molar-refractivity contribution in [2.75, 3.05) is 24.5 Å². The summed E-state index contributed by atoms with van der Waals surface area (Å²) < 4.78 is 0. The van der Waals surface area contributed by atoms with E-state index in [0.717, 1.165) is 44.7 Å². The smallest absolute Gasteiger partial charge is 0.230 e. The number of piperidine rings is 1. The molecule has 1 aliphatic carbocycles. The third kappa shape index (κ3) is 2.70. The molecule has 0 aromatic carbocycles. The molecule has 130 valence electrons. The number of rotatable bonds is 2. The van der Waals surface area contributed by atoms with E-state index in [0.29, 0.717) is 11.9 Å². The highest BCUT2D eigenvalue weighted by Crippen LogP contribution is 2.43. The summed E-state index contributed by atoms with van der Waals surface area (Å²) in [5.41, 5.74) is 1.06. The lowest BCUT2D eigenvalue weighted by molar-refractivity contribution is -0.138. The van der Waals surface area contributed by atoms with Gasteiger partial charge < -0.3 is 9.80 Å². The average Bonchev–Trinajstić information content (AvgIpc) is 2.92. The van der Waals surface area contributed by atoms with Gasteiger partial charge in [0.1, 0.15) is 5.82 Å². The van der Waals surface area contributed by atoms with Crippen molar-refractivity contribution >= 4 is 11.7 Å². The number of aryl methyl sites for hydroxylation is 1. The SMILES string of the molecule is Cc1cccnc1N1CCCC2(CCN(C3CCCCC3)C2=O)C1. The van der Waals surface area contributed by atoms with Crippen LogP contribution in [0.15, 0.2) is 18.3 Å². The molecular weight excluding hydrogens is 298 g/mol. The Balaban J connectivity index is 1.53. The lowest BCUT2D eigenvalue weighted by Crippen LogP contribution is -2.50. The predicted molar refractivity (Wildman–Crippen MR) is 96.1 cm³/mol. The van der Waals surface area contributed by atoms with Gasteiger partial charge in [0.05, 0.1) is 5.41 Å². The molecule has 1 unspecified atom stereocenters. The highest BCUT2D eigenvalue weighted by molar-refractivity contribution is 5.86. The summed E-state index contributed by atoms with van der Waals surface area (Å²) in [5, 5.41) is 0. The molecule has 1 amide bonds. The van der Waals surface area contributed by atoms with Crippen LogP contribution in [0.4, 0.5) is 5.82 Å². The number of hydrogen-bond donors (Lipinski definition) is 0. The largest absolute Gasteiger partial charge is 0.355 e. The normalized spacial score (nSPS) is 28.8. The van der Waals surface area contributed by atoms with Gasteiger partial charge in [-0.1, -0.05) is 25.3 Å². The number of hydrogen-bond acceptors (Lipinski definition) is 3. The van der Waals surface area contributed by atoms with E-state index in [1.165, 1.54) is 37.7 Å². The lowest BCUT2D eigenvalue weighted by Gasteiger charge is -2.41. The van der Waals surface area contributed by atoms with Crippen LogP contribution in [0.5, 0.6) is 0 Å². The van der Waals surface area contributed by atoms with Gasteiger partial charge in [-0.3, -0.25) is 4.79 Å². The lowest BCUT2D eigenvalue weighted by atomic mass is 9.78. The Bertz CT molecular complexity index is 611. The van der Waals surface area contributed by atoms with Crippen LogP contribution < -0.4 is 4.90 Å². The molecule has 4 nitrogen and oxygen atoms in total. The molecule has 3 heterocycles. The minimum absolute atomic E-state index is 0.153. The van der Waals surface area contributed by atoms with Crippen molar-refractivity contribution in [3.05, 3.63) is 23.9 Å². The van der Waals surface area contributed by atoms with Crippen LogP contribution in [0.25, 0.3) is 0 Å². The van der Waals surface area contributed by atoms with Crippen molar-refractivity contribution in [2.45, 2.75) is 64.3 Å². The monoisotopic (exact) mass is 327 g/mol. The second-order valence-electron chi connectivity index (χ2n) is 7.99. The second kappa shape index (κ2) is 6.38. The number of amides is 1. The second-order valence-corrected chi connectivity index (χ2v) is 7.99. The van der Waals surface area contributed by atoms with Gasteiger partial charge in [-0.2, -0.15) is 0 Å². The summed E-state index contributed by atoms with van der Waals surface area (Å²) in [4.78, 5) is 22.5. The molecule has 3 fully saturated rings. The summed E-state index contributed by atoms with van der Waals surface area (Å²) in [6.07, 6.45) is 11.4. The van der Waals surface area contributed by atoms with E-state index < -0.39 is 0 Å². The molecule has 0 radical (unpaired) electrons. The van der Waals surface area contributed by atoms with Gasteiger partial charge in [-0.25, -0.2) is 4.98 Å². The minimum Gasteiger partial charge on any atom is -0.355 e. The maximum atomic E-state index is 13.3. The van der Waals surface area contributed by atoms with Crippen molar-refractivity contribution in [2.24, 2.45) is 5.41 Å². The molecule has 1 atom stereocenters. The van der Waals surface area contributed by atoms with Crippen LogP contribution in [0.3, 0.4) is 0 Å². The Hall–Kier alpha value is -1.58. The minimum atomic E-state index is -0.153. The maximum absolute atomic E-state index is 13.3. The maximum Gasteiger partial charge on any atom is 0.230 e. The fourth-order valence-corrected chi connectivity index (χ4v) is 5.09. The molecule has 0 N–H and O–H groups in total. The number of pyridine rings is 1. The van der Waals surface area contributed by atoms with E-state index in [4.69, 9.17) is 0 Å². The molecule has 24 heavy (non-hydrogen) atoms. The third-order valence-electron chi connectivity index (χ3n) is 6.42. The Morgan fingerprint density at radius 1 is 1.12 bits per heavy atom. The van der Waals surface area contributed by atoms with Crippen LogP contribution in [0.2, 0.25) is 0 Å². The van der Waals surface area contributed by atoms with E-state index in [9.17, 15) is 4.79 Å². The molecule has 4 heteroatoms. The molecule has 3 aliphatic rings. The number of nitrogens with zero attached hydrogens (tertiary/aromatic N) is 3. The number of aromatic nitrogens is 1. The van der Waals surface area contributed by atoms with Gasteiger partial charge >= 0.3 is 0 Å². The summed E-state index contributed by atoms with van der Waals surface area (Å²) in [5.74, 6) is 1.51. The number of anilines is 1. The molecule has 1 aromatic heterocycles. The van der Waals surface area contributed by atoms with Crippen molar-refractivity contribution in [1.82, 2.24) is 9.88 Å². The average molecular weight is 327 g/mol. The number of carbonyl (C=O) groups is 1. The van der Waals surface area contributed by atoms with Gasteiger partial charge in [0, 0.05) is 31.9 Å². The Morgan fingerprint density at radius 2 is 1.96 bits per heavy atom. The van der Waals surface area contributed by atoms with Crippen LogP contribution in [-0.4, -0.2) is 41.5 Å². The molecule has 1 aromatic rings. The van der Waals surface area contributed by atoms with Crippen molar-refractivity contribution in [3.63, 3.8) is 0 Å². The number of likely N-dealkylation sites (tertiary alicyclic amines) is 1. The standard InChI is InChI=1S/C20H29N3O/c1-16-7-5-12-21-18(16)22-13-6-10-20(15-22)11-14-23(19(20)24)17-8-3-2-4-9-17/h5,7,12,17H,2-4,6,8-11,13-15H2,1H3. The van der Waals surface area contributed by atoms with Crippen molar-refractivity contribution in [1.29, 1.82) is 0 Å². The summed E-state index contributed by atoms with van der Waals surface area (Å²) in [6, 6.07) is 4.62. The quantitative estimate of drug-likeness (QED) is 0.833. The van der Waals surface area contributed by atoms with Crippen LogP contribution in [-0.2, 0) is 4.79 Å². The zero-order chi connectivity index (χ0) is 16.6. The summed E-state index contributed by atoms with van der Waals surface area (Å²) in [6.45, 7) is 4.97. The molecule has 1 saturated carbocycles. The third-order valence-corrected chi connectivity index (χ3v) is 6.42. The van der Waals surface area contributed by atoms with E-state index in [1.54, 1.807) is 0 Å². The van der Waals surface area contributed by atoms with Gasteiger partial charge in [0.15, 0.2) is 0 Å². The van der Waals surface area contributed by atoms with Crippen molar-refractivity contribution < 1.29 is 4.79 Å². The van der Waals surface area contributed by atoms with E-state index >= 15 is 0 Å². The fourth-order valence-electron chi connectivity index (χ4n) is 5.09. The Labute approximate surface area is 145 Å². The van der Waals surface area contributed by atoms with Gasteiger partial charge in [0.25, 0.3) is 0 Å². The first-order valence-corrected chi connectivity index (χ1v) is 9.67. The predicted octanol–water partition coefficient (Wildman–Crippen LogP) is 3.54. The first-order valence-electron chi connectivity index (χ1n) is 9.67. The zero-order valence-electron chi connectivity index (χ0n) is 14.8. The fraction of sp³-hybridized carbons (Fsp3) is 0.700. The van der Waals surface area contributed by atoms with Crippen LogP contribution >= 0.6 is 0 Å². The van der Waals surface area contributed by atoms with E-state index in [-0.39, 0.29) is 5.41 Å². The topological polar surface area (TPSA) is 36.4 Å². The molecule has 4 rings (SSSR count). The van der Waals surface area contributed by atoms with Gasteiger partial charge in [0.2, 0.25) is 5.91 Å². The first-order chi connectivity index (χ1) is 11.7. The zero-order valence-corrected chi connectivity index (χ0v) is 14.8. The van der Waals surface area contributed by atoms with Gasteiger partial charge in [-0.15, -0.1) is 0 Å². The molecular formula is C20H29N3O. The highest BCUT2D eigenvalue weighted by atomic mass is 16.2. The Morgan fingerprint density at radius 3 is 2.75 bits per heavy atom. The molecule has 2 aliphatic heterocycles.